The molecule has 0 saturated carbocycles. The van der Waals surface area contributed by atoms with Crippen LogP contribution in [0.5, 0.6) is 0 Å². The normalized spacial score (nSPS) is 11.7. The Hall–Kier alpha value is -6.72. The summed E-state index contributed by atoms with van der Waals surface area (Å²) >= 11 is 0. The van der Waals surface area contributed by atoms with Gasteiger partial charge in [0, 0.05) is 25.9 Å². The number of hydrogen-bond donors (Lipinski definition) is 6. The molecule has 436 valence electrons. The number of esters is 6. The molecule has 0 bridgehead atoms. The first-order valence-corrected chi connectivity index (χ1v) is 24.0. The van der Waals surface area contributed by atoms with Gasteiger partial charge in [0.2, 0.25) is 0 Å². The maximum Gasteiger partial charge on any atom is 0.407 e. The van der Waals surface area contributed by atoms with E-state index >= 15 is 0 Å². The molecule has 0 heterocycles. The first-order valence-electron chi connectivity index (χ1n) is 24.0. The Labute approximate surface area is 456 Å². The number of nitrogens with two attached hydrogens (primary N) is 2. The van der Waals surface area contributed by atoms with Crippen LogP contribution in [-0.4, -0.2) is 142 Å². The van der Waals surface area contributed by atoms with Crippen molar-refractivity contribution in [1.29, 1.82) is 0 Å². The summed E-state index contributed by atoms with van der Waals surface area (Å²) in [6.45, 7) is 32.4. The van der Waals surface area contributed by atoms with E-state index in [1.165, 1.54) is 36.5 Å². The lowest BCUT2D eigenvalue weighted by molar-refractivity contribution is -0.147. The SMILES string of the molecule is C.C=CCOC(=O)C(N)CCCCNC(=O)OC(C)(C)C.C=CCOC(=O)CCC(N)C(=O)OCC=C.C=CCOC(=O)CCC(NC(=O)NC(CCCCNC(=O)OC(C)(C)C)C(=O)OCC=C)C(=O)OCC=C.Cl. The van der Waals surface area contributed by atoms with Crippen molar-refractivity contribution >= 4 is 66.4 Å². The Balaban J connectivity index is -0.000000370. The minimum atomic E-state index is -1.19. The molecule has 0 aromatic carbocycles. The maximum atomic E-state index is 12.7. The molecule has 4 atom stereocenters. The van der Waals surface area contributed by atoms with Crippen molar-refractivity contribution in [2.45, 2.75) is 149 Å². The van der Waals surface area contributed by atoms with Gasteiger partial charge in [-0.15, -0.1) is 12.4 Å². The number of carbonyl (C=O) groups is 9. The molecule has 0 aromatic rings. The third-order valence-corrected chi connectivity index (χ3v) is 8.38. The summed E-state index contributed by atoms with van der Waals surface area (Å²) in [5.74, 6) is -3.44. The highest BCUT2D eigenvalue weighted by molar-refractivity contribution is 5.87. The highest BCUT2D eigenvalue weighted by Crippen LogP contribution is 2.10. The minimum Gasteiger partial charge on any atom is -0.461 e. The minimum absolute atomic E-state index is 0. The summed E-state index contributed by atoms with van der Waals surface area (Å²) in [5.41, 5.74) is 10.0. The molecule has 0 spiro atoms. The fourth-order valence-electron chi connectivity index (χ4n) is 5.03. The Bertz CT molecular complexity index is 1780. The van der Waals surface area contributed by atoms with Gasteiger partial charge in [0.1, 0.15) is 75.0 Å². The van der Waals surface area contributed by atoms with Gasteiger partial charge < -0.3 is 70.6 Å². The van der Waals surface area contributed by atoms with Crippen molar-refractivity contribution < 1.29 is 81.0 Å². The molecule has 76 heavy (non-hydrogen) atoms. The molecule has 4 amide bonds. The molecule has 0 aliphatic rings. The van der Waals surface area contributed by atoms with Crippen LogP contribution in [0.3, 0.4) is 0 Å². The molecule has 23 nitrogen and oxygen atoms in total. The fourth-order valence-corrected chi connectivity index (χ4v) is 5.03. The fraction of sp³-hybridized carbons (Fsp3) is 0.596. The molecular formula is C52H89ClN6O17. The van der Waals surface area contributed by atoms with E-state index in [0.29, 0.717) is 32.4 Å². The summed E-state index contributed by atoms with van der Waals surface area (Å²) in [6, 6.07) is -4.50. The zero-order valence-corrected chi connectivity index (χ0v) is 45.6. The quantitative estimate of drug-likeness (QED) is 0.0185. The number of ether oxygens (including phenoxy) is 8. The van der Waals surface area contributed by atoms with Crippen LogP contribution in [0.2, 0.25) is 0 Å². The third kappa shape index (κ3) is 49.5. The summed E-state index contributed by atoms with van der Waals surface area (Å²) in [4.78, 5) is 106. The maximum absolute atomic E-state index is 12.7. The van der Waals surface area contributed by atoms with E-state index in [2.05, 4.69) is 60.7 Å². The van der Waals surface area contributed by atoms with Gasteiger partial charge in [0.15, 0.2) is 0 Å². The molecule has 8 N–H and O–H groups in total. The number of urea groups is 1. The molecule has 0 radical (unpaired) electrons. The van der Waals surface area contributed by atoms with Gasteiger partial charge in [-0.3, -0.25) is 19.2 Å². The van der Waals surface area contributed by atoms with Crippen LogP contribution >= 0.6 is 12.4 Å². The first kappa shape index (κ1) is 78.2. The third-order valence-electron chi connectivity index (χ3n) is 8.38. The predicted octanol–water partition coefficient (Wildman–Crippen LogP) is 6.03. The monoisotopic (exact) mass is 1100 g/mol. The van der Waals surface area contributed by atoms with Gasteiger partial charge >= 0.3 is 54.0 Å². The lowest BCUT2D eigenvalue weighted by Crippen LogP contribution is -2.52. The van der Waals surface area contributed by atoms with Crippen molar-refractivity contribution in [2.75, 3.05) is 52.7 Å². The highest BCUT2D eigenvalue weighted by Gasteiger charge is 2.27. The smallest absolute Gasteiger partial charge is 0.407 e. The van der Waals surface area contributed by atoms with Gasteiger partial charge in [-0.1, -0.05) is 83.4 Å². The molecule has 4 unspecified atom stereocenters. The van der Waals surface area contributed by atoms with E-state index in [0.717, 1.165) is 12.8 Å². The average Bonchev–Trinajstić information content (AvgIpc) is 3.33. The number of nitrogens with one attached hydrogen (secondary N) is 4. The van der Waals surface area contributed by atoms with Gasteiger partial charge in [-0.25, -0.2) is 24.0 Å². The molecule has 0 aromatic heterocycles. The van der Waals surface area contributed by atoms with Crippen molar-refractivity contribution in [1.82, 2.24) is 21.3 Å². The molecular weight excluding hydrogens is 1020 g/mol. The summed E-state index contributed by atoms with van der Waals surface area (Å²) < 4.78 is 39.5. The summed E-state index contributed by atoms with van der Waals surface area (Å²) in [5, 5.41) is 10.2. The molecule has 0 saturated heterocycles. The Morgan fingerprint density at radius 1 is 0.447 bits per heavy atom. The number of amides is 4. The van der Waals surface area contributed by atoms with Crippen LogP contribution in [0.4, 0.5) is 14.4 Å². The van der Waals surface area contributed by atoms with Crippen LogP contribution in [0.1, 0.15) is 113 Å². The molecule has 24 heteroatoms. The predicted molar refractivity (Wildman–Crippen MR) is 291 cm³/mol. The van der Waals surface area contributed by atoms with E-state index < -0.39 is 89.4 Å². The van der Waals surface area contributed by atoms with Crippen molar-refractivity contribution in [3.8, 4) is 0 Å². The number of alkyl carbamates (subject to hydrolysis) is 2. The van der Waals surface area contributed by atoms with Gasteiger partial charge in [-0.2, -0.15) is 0 Å². The second-order valence-electron chi connectivity index (χ2n) is 17.5. The molecule has 0 rings (SSSR count). The lowest BCUT2D eigenvalue weighted by atomic mass is 10.1. The van der Waals surface area contributed by atoms with Crippen LogP contribution in [-0.2, 0) is 66.7 Å². The van der Waals surface area contributed by atoms with Crippen molar-refractivity contribution in [2.24, 2.45) is 11.5 Å². The summed E-state index contributed by atoms with van der Waals surface area (Å²) in [6.07, 6.45) is 10.7. The second kappa shape index (κ2) is 48.0. The standard InChI is InChI=1S/C26H41N3O9.C14H26N2O4.C11H17NO4.CH4.ClH/c1-7-16-35-21(30)14-13-20(23(32)37-18-9-3)29-24(33)28-19(22(31)36-17-8-2)12-10-11-15-27-25(34)38-26(4,5)6;1-5-10-19-12(17)11(15)8-6-7-9-16-13(18)20-14(2,3)4;1-3-7-15-10(13)6-5-9(12)11(14)16-8-4-2;;/h7-9,19-20H,1-3,10-18H2,4-6H3,(H,27,34)(H2,28,29,33);5,11H,1,6-10,15H2,2-4H3,(H,16,18);3-4,9H,1-2,5-8,12H2;1H4;1H. The lowest BCUT2D eigenvalue weighted by Gasteiger charge is -2.21. The largest absolute Gasteiger partial charge is 0.461 e. The van der Waals surface area contributed by atoms with Crippen LogP contribution < -0.4 is 32.7 Å². The van der Waals surface area contributed by atoms with Crippen molar-refractivity contribution in [3.63, 3.8) is 0 Å². The molecule has 0 aliphatic heterocycles. The Morgan fingerprint density at radius 2 is 0.750 bits per heavy atom. The van der Waals surface area contributed by atoms with E-state index in [9.17, 15) is 43.2 Å². The molecule has 0 aliphatic carbocycles. The first-order chi connectivity index (χ1) is 34.8. The Morgan fingerprint density at radius 3 is 1.11 bits per heavy atom. The van der Waals surface area contributed by atoms with Crippen LogP contribution in [0, 0.1) is 0 Å². The molecule has 0 fully saturated rings. The number of rotatable bonds is 34. The Kier molecular flexibility index (Phi) is 49.3. The van der Waals surface area contributed by atoms with Gasteiger partial charge in [0.05, 0.1) is 0 Å². The zero-order valence-electron chi connectivity index (χ0n) is 44.7. The number of halogens is 1. The number of hydrogen-bond acceptors (Lipinski definition) is 19. The topological polar surface area (TPSA) is 328 Å². The average molecular weight is 1110 g/mol. The summed E-state index contributed by atoms with van der Waals surface area (Å²) in [7, 11) is 0. The van der Waals surface area contributed by atoms with Crippen LogP contribution in [0.15, 0.2) is 75.9 Å². The zero-order chi connectivity index (χ0) is 57.0. The number of carbonyl (C=O) groups excluding carboxylic acids is 9. The van der Waals surface area contributed by atoms with E-state index in [1.807, 2.05) is 0 Å². The van der Waals surface area contributed by atoms with E-state index in [1.54, 1.807) is 41.5 Å². The van der Waals surface area contributed by atoms with E-state index in [-0.39, 0.29) is 91.6 Å². The van der Waals surface area contributed by atoms with Gasteiger partial charge in [-0.05, 0) is 92.9 Å². The van der Waals surface area contributed by atoms with E-state index in [4.69, 9.17) is 49.4 Å². The van der Waals surface area contributed by atoms with Crippen molar-refractivity contribution in [3.05, 3.63) is 75.9 Å². The highest BCUT2D eigenvalue weighted by atomic mass is 35.5. The van der Waals surface area contributed by atoms with Crippen LogP contribution in [0.25, 0.3) is 0 Å². The second-order valence-corrected chi connectivity index (χ2v) is 17.5. The number of unbranched alkanes of at least 4 members (excludes halogenated alkanes) is 2. The van der Waals surface area contributed by atoms with Gasteiger partial charge in [0.25, 0.3) is 0 Å².